The molecule has 0 fully saturated rings. The van der Waals surface area contributed by atoms with E-state index < -0.39 is 69.7 Å². The lowest BCUT2D eigenvalue weighted by Crippen LogP contribution is -2.38. The summed E-state index contributed by atoms with van der Waals surface area (Å²) in [4.78, 5) is 11.4. The molecule has 1 unspecified atom stereocenters. The van der Waals surface area contributed by atoms with Gasteiger partial charge in [0.15, 0.2) is 11.9 Å². The van der Waals surface area contributed by atoms with Gasteiger partial charge >= 0.3 is 26.2 Å². The van der Waals surface area contributed by atoms with Gasteiger partial charge in [0, 0.05) is 0 Å². The van der Waals surface area contributed by atoms with Crippen LogP contribution in [0.1, 0.15) is 0 Å². The van der Waals surface area contributed by atoms with Gasteiger partial charge in [0.25, 0.3) is 25.7 Å². The number of esters is 1. The summed E-state index contributed by atoms with van der Waals surface area (Å²) in [6.07, 6.45) is 0. The van der Waals surface area contributed by atoms with Crippen LogP contribution in [0.5, 0.6) is 0 Å². The molecule has 0 heterocycles. The second-order valence-corrected chi connectivity index (χ2v) is 9.52. The van der Waals surface area contributed by atoms with Gasteiger partial charge in [-0.25, -0.2) is 8.98 Å². The molecule has 0 aromatic rings. The summed E-state index contributed by atoms with van der Waals surface area (Å²) in [6, 6.07) is 0. The number of carbonyl (C=O) groups is 1. The second kappa shape index (κ2) is 7.97. The highest BCUT2D eigenvalue weighted by Crippen LogP contribution is 2.11. The third-order valence-corrected chi connectivity index (χ3v) is 4.25. The van der Waals surface area contributed by atoms with E-state index in [1.165, 1.54) is 0 Å². The first-order chi connectivity index (χ1) is 10.4. The first-order valence-corrected chi connectivity index (χ1v) is 11.2. The van der Waals surface area contributed by atoms with E-state index in [1.54, 1.807) is 0 Å². The average molecular weight is 438 g/mol. The molecule has 144 valence electrons. The summed E-state index contributed by atoms with van der Waals surface area (Å²) >= 11 is 0. The maximum Gasteiger partial charge on any atom is 0.355 e. The van der Waals surface area contributed by atoms with Crippen LogP contribution in [0, 0.1) is 0 Å². The Bertz CT molecular complexity index is 858. The molecule has 0 spiro atoms. The van der Waals surface area contributed by atoms with E-state index >= 15 is 0 Å². The third-order valence-electron chi connectivity index (χ3n) is 1.53. The Labute approximate surface area is 135 Å². The molecule has 0 saturated heterocycles. The highest BCUT2D eigenvalue weighted by atomic mass is 32.2. The summed E-state index contributed by atoms with van der Waals surface area (Å²) in [5.74, 6) is -7.60. The zero-order valence-electron chi connectivity index (χ0n) is 11.1. The van der Waals surface area contributed by atoms with Gasteiger partial charge in [0.1, 0.15) is 0 Å². The minimum absolute atomic E-state index is 1.76. The van der Waals surface area contributed by atoms with E-state index in [4.69, 9.17) is 13.7 Å². The lowest BCUT2D eigenvalue weighted by atomic mass is 10.7. The fourth-order valence-corrected chi connectivity index (χ4v) is 3.15. The van der Waals surface area contributed by atoms with E-state index in [1.807, 2.05) is 0 Å². The van der Waals surface area contributed by atoms with Crippen molar-refractivity contribution >= 4 is 46.4 Å². The van der Waals surface area contributed by atoms with Crippen LogP contribution in [-0.2, 0) is 58.9 Å². The molecule has 0 rings (SSSR count). The third kappa shape index (κ3) is 10.8. The van der Waals surface area contributed by atoms with Crippen molar-refractivity contribution in [1.82, 2.24) is 0 Å². The van der Waals surface area contributed by atoms with E-state index in [9.17, 15) is 38.5 Å². The van der Waals surface area contributed by atoms with Crippen molar-refractivity contribution in [2.75, 3.05) is 17.8 Å². The van der Waals surface area contributed by atoms with Gasteiger partial charge in [-0.15, -0.1) is 0 Å². The molecule has 0 radical (unpaired) electrons. The summed E-state index contributed by atoms with van der Waals surface area (Å²) in [7, 11) is -20.3. The number of rotatable bonds is 10. The molecule has 0 aromatic heterocycles. The lowest BCUT2D eigenvalue weighted by Gasteiger charge is -2.15. The molecule has 3 N–H and O–H groups in total. The van der Waals surface area contributed by atoms with Crippen LogP contribution >= 0.6 is 0 Å². The van der Waals surface area contributed by atoms with Gasteiger partial charge in [-0.3, -0.25) is 13.7 Å². The van der Waals surface area contributed by atoms with Crippen molar-refractivity contribution in [2.45, 2.75) is 5.44 Å². The van der Waals surface area contributed by atoms with Crippen LogP contribution in [0.3, 0.4) is 0 Å². The largest absolute Gasteiger partial charge is 0.444 e. The summed E-state index contributed by atoms with van der Waals surface area (Å²) in [6.45, 7) is 0. The van der Waals surface area contributed by atoms with Gasteiger partial charge in [0.05, 0.1) is 0 Å². The lowest BCUT2D eigenvalue weighted by molar-refractivity contribution is -0.149. The van der Waals surface area contributed by atoms with Crippen molar-refractivity contribution < 1.29 is 65.8 Å². The monoisotopic (exact) mass is 438 g/mol. The molecule has 24 heavy (non-hydrogen) atoms. The van der Waals surface area contributed by atoms with Crippen molar-refractivity contribution in [3.8, 4) is 0 Å². The molecule has 0 aromatic carbocycles. The van der Waals surface area contributed by atoms with Crippen LogP contribution < -0.4 is 0 Å². The van der Waals surface area contributed by atoms with Gasteiger partial charge in [-0.2, -0.15) is 33.7 Å². The molecular weight excluding hydrogens is 428 g/mol. The Kier molecular flexibility index (Phi) is 7.66. The van der Waals surface area contributed by atoms with E-state index in [0.29, 0.717) is 0 Å². The van der Waals surface area contributed by atoms with Gasteiger partial charge < -0.3 is 9.47 Å². The molecule has 19 heteroatoms. The molecule has 15 nitrogen and oxygen atoms in total. The Hall–Kier alpha value is -0.930. The number of carbonyl (C=O) groups excluding carboxylic acids is 1. The molecule has 0 aliphatic rings. The smallest absolute Gasteiger partial charge is 0.355 e. The number of ether oxygens (including phenoxy) is 2. The number of hydrogen-bond acceptors (Lipinski definition) is 12. The normalized spacial score (nSPS) is 15.0. The highest BCUT2D eigenvalue weighted by molar-refractivity contribution is 7.90. The summed E-state index contributed by atoms with van der Waals surface area (Å²) in [5.41, 5.74) is -3.07. The van der Waals surface area contributed by atoms with Crippen LogP contribution in [0.2, 0.25) is 0 Å². The van der Waals surface area contributed by atoms with Gasteiger partial charge in [-0.1, -0.05) is 0 Å². The Morgan fingerprint density at radius 3 is 1.54 bits per heavy atom. The van der Waals surface area contributed by atoms with Gasteiger partial charge in [-0.05, 0) is 0 Å². The van der Waals surface area contributed by atoms with Crippen molar-refractivity contribution in [3.63, 3.8) is 0 Å². The predicted octanol–water partition coefficient (Wildman–Crippen LogP) is -3.25. The number of hydrogen-bond donors (Lipinski definition) is 3. The van der Waals surface area contributed by atoms with E-state index in [2.05, 4.69) is 13.7 Å². The van der Waals surface area contributed by atoms with Crippen molar-refractivity contribution in [3.05, 3.63) is 0 Å². The summed E-state index contributed by atoms with van der Waals surface area (Å²) < 4.78 is 122. The highest BCUT2D eigenvalue weighted by Gasteiger charge is 2.39. The Morgan fingerprint density at radius 1 is 0.750 bits per heavy atom. The quantitative estimate of drug-likeness (QED) is 0.172. The molecule has 1 atom stereocenters. The van der Waals surface area contributed by atoms with Crippen LogP contribution in [0.4, 0.5) is 0 Å². The standard InChI is InChI=1S/C5H10O15S4/c6-4(18-1-21(7,8)9)5(19-2-22(10,11)12)24(16,17)20-3-23(13,14)15/h5H,1-3H2,(H,7,8,9)(H,10,11,12)(H,13,14,15). The molecule has 0 aliphatic carbocycles. The minimum atomic E-state index is -5.43. The molecule has 0 aliphatic heterocycles. The van der Waals surface area contributed by atoms with Crippen molar-refractivity contribution in [1.29, 1.82) is 0 Å². The molecule has 0 saturated carbocycles. The maximum absolute atomic E-state index is 11.5. The zero-order chi connectivity index (χ0) is 19.4. The van der Waals surface area contributed by atoms with E-state index in [-0.39, 0.29) is 0 Å². The van der Waals surface area contributed by atoms with E-state index in [0.717, 1.165) is 0 Å². The van der Waals surface area contributed by atoms with Crippen LogP contribution in [-0.4, -0.2) is 76.6 Å². The van der Waals surface area contributed by atoms with Crippen LogP contribution in [0.25, 0.3) is 0 Å². The molecular formula is C5H10O15S4. The van der Waals surface area contributed by atoms with Crippen molar-refractivity contribution in [2.24, 2.45) is 0 Å². The predicted molar refractivity (Wildman–Crippen MR) is 70.2 cm³/mol. The Balaban J connectivity index is 5.41. The minimum Gasteiger partial charge on any atom is -0.444 e. The Morgan fingerprint density at radius 2 is 1.17 bits per heavy atom. The maximum atomic E-state index is 11.5. The SMILES string of the molecule is O=C(OCS(=O)(=O)O)C(OCS(=O)(=O)O)S(=O)(=O)OCS(=O)(=O)O. The average Bonchev–Trinajstić information content (AvgIpc) is 2.31. The fraction of sp³-hybridized carbons (Fsp3) is 0.800. The zero-order valence-corrected chi connectivity index (χ0v) is 14.3. The first kappa shape index (κ1) is 23.1. The fourth-order valence-electron chi connectivity index (χ4n) is 0.807. The second-order valence-electron chi connectivity index (χ2n) is 3.67. The van der Waals surface area contributed by atoms with Crippen LogP contribution in [0.15, 0.2) is 0 Å². The topological polar surface area (TPSA) is 242 Å². The first-order valence-electron chi connectivity index (χ1n) is 4.95. The molecule has 0 amide bonds. The van der Waals surface area contributed by atoms with Gasteiger partial charge in [0.2, 0.25) is 5.94 Å². The summed E-state index contributed by atoms with van der Waals surface area (Å²) in [5, 5.41) is 0. The molecule has 0 bridgehead atoms.